The average Bonchev–Trinajstić information content (AvgIpc) is 2.60. The standard InChI is InChI=1S/C19H23F2N3O.HI/c1-22-19(23-8-7-14-9-17(20)11-18(21)10-14)24-12-16(13-25)15-5-3-2-4-6-15;/h2-6,9-11,16,25H,7-8,12-13H2,1H3,(H2,22,23,24);1H. The van der Waals surface area contributed by atoms with Gasteiger partial charge in [-0.05, 0) is 29.7 Å². The topological polar surface area (TPSA) is 56.7 Å². The average molecular weight is 475 g/mol. The molecule has 4 nitrogen and oxygen atoms in total. The molecule has 3 N–H and O–H groups in total. The van der Waals surface area contributed by atoms with Crippen LogP contribution in [0.4, 0.5) is 8.78 Å². The largest absolute Gasteiger partial charge is 0.396 e. The van der Waals surface area contributed by atoms with Gasteiger partial charge in [-0.2, -0.15) is 0 Å². The zero-order valence-corrected chi connectivity index (χ0v) is 16.9. The number of aliphatic imine (C=N–C) groups is 1. The molecular weight excluding hydrogens is 451 g/mol. The molecule has 0 aliphatic rings. The number of nitrogens with zero attached hydrogens (tertiary/aromatic N) is 1. The first kappa shape index (κ1) is 22.3. The van der Waals surface area contributed by atoms with Gasteiger partial charge in [-0.1, -0.05) is 30.3 Å². The molecule has 0 spiro atoms. The third-order valence-electron chi connectivity index (χ3n) is 3.86. The second-order valence-corrected chi connectivity index (χ2v) is 5.70. The van der Waals surface area contributed by atoms with Crippen LogP contribution >= 0.6 is 24.0 Å². The number of aliphatic hydroxyl groups is 1. The molecule has 0 heterocycles. The van der Waals surface area contributed by atoms with Crippen molar-refractivity contribution >= 4 is 29.9 Å². The van der Waals surface area contributed by atoms with Crippen molar-refractivity contribution in [1.29, 1.82) is 0 Å². The highest BCUT2D eigenvalue weighted by Crippen LogP contribution is 2.13. The number of hydrogen-bond acceptors (Lipinski definition) is 2. The first-order chi connectivity index (χ1) is 12.1. The first-order valence-electron chi connectivity index (χ1n) is 8.17. The smallest absolute Gasteiger partial charge is 0.191 e. The summed E-state index contributed by atoms with van der Waals surface area (Å²) in [5.74, 6) is -0.624. The van der Waals surface area contributed by atoms with Crippen molar-refractivity contribution in [1.82, 2.24) is 10.6 Å². The molecule has 26 heavy (non-hydrogen) atoms. The Balaban J connectivity index is 0.00000338. The number of guanidine groups is 1. The van der Waals surface area contributed by atoms with Gasteiger partial charge in [0.1, 0.15) is 11.6 Å². The van der Waals surface area contributed by atoms with E-state index in [0.29, 0.717) is 31.0 Å². The molecule has 7 heteroatoms. The van der Waals surface area contributed by atoms with E-state index in [2.05, 4.69) is 15.6 Å². The van der Waals surface area contributed by atoms with E-state index >= 15 is 0 Å². The van der Waals surface area contributed by atoms with Crippen LogP contribution in [-0.2, 0) is 6.42 Å². The second kappa shape index (κ2) is 11.8. The summed E-state index contributed by atoms with van der Waals surface area (Å²) >= 11 is 0. The van der Waals surface area contributed by atoms with E-state index in [9.17, 15) is 13.9 Å². The molecule has 0 fully saturated rings. The van der Waals surface area contributed by atoms with Crippen molar-refractivity contribution in [3.8, 4) is 0 Å². The Kier molecular flexibility index (Phi) is 10.1. The number of aliphatic hydroxyl groups excluding tert-OH is 1. The fourth-order valence-electron chi connectivity index (χ4n) is 2.53. The van der Waals surface area contributed by atoms with E-state index in [4.69, 9.17) is 0 Å². The molecule has 0 aromatic heterocycles. The van der Waals surface area contributed by atoms with Gasteiger partial charge in [0.2, 0.25) is 0 Å². The molecule has 142 valence electrons. The lowest BCUT2D eigenvalue weighted by atomic mass is 10.0. The Morgan fingerprint density at radius 2 is 1.73 bits per heavy atom. The minimum atomic E-state index is -0.578. The van der Waals surface area contributed by atoms with E-state index in [0.717, 1.165) is 11.6 Å². The van der Waals surface area contributed by atoms with Crippen LogP contribution in [0.1, 0.15) is 17.0 Å². The minimum Gasteiger partial charge on any atom is -0.396 e. The van der Waals surface area contributed by atoms with E-state index in [1.807, 2.05) is 30.3 Å². The molecule has 2 rings (SSSR count). The van der Waals surface area contributed by atoms with Crippen LogP contribution in [0.15, 0.2) is 53.5 Å². The molecule has 2 aromatic carbocycles. The van der Waals surface area contributed by atoms with Crippen molar-refractivity contribution in [3.63, 3.8) is 0 Å². The van der Waals surface area contributed by atoms with Crippen LogP contribution in [0.2, 0.25) is 0 Å². The molecule has 0 aliphatic heterocycles. The normalized spacial score (nSPS) is 12.2. The van der Waals surface area contributed by atoms with Gasteiger partial charge in [0.25, 0.3) is 0 Å². The predicted molar refractivity (Wildman–Crippen MR) is 111 cm³/mol. The van der Waals surface area contributed by atoms with Crippen molar-refractivity contribution in [3.05, 3.63) is 71.3 Å². The second-order valence-electron chi connectivity index (χ2n) is 5.70. The number of rotatable bonds is 7. The van der Waals surface area contributed by atoms with Gasteiger partial charge < -0.3 is 15.7 Å². The van der Waals surface area contributed by atoms with Gasteiger partial charge in [-0.3, -0.25) is 4.99 Å². The van der Waals surface area contributed by atoms with Crippen LogP contribution in [-0.4, -0.2) is 37.8 Å². The van der Waals surface area contributed by atoms with Gasteiger partial charge in [-0.25, -0.2) is 8.78 Å². The number of hydrogen-bond donors (Lipinski definition) is 3. The highest BCUT2D eigenvalue weighted by Gasteiger charge is 2.10. The summed E-state index contributed by atoms with van der Waals surface area (Å²) in [6, 6.07) is 13.2. The van der Waals surface area contributed by atoms with Crippen LogP contribution in [0.25, 0.3) is 0 Å². The summed E-state index contributed by atoms with van der Waals surface area (Å²) in [6.07, 6.45) is 0.470. The third-order valence-corrected chi connectivity index (χ3v) is 3.86. The van der Waals surface area contributed by atoms with Crippen molar-refractivity contribution in [2.75, 3.05) is 26.7 Å². The summed E-state index contributed by atoms with van der Waals surface area (Å²) in [6.45, 7) is 1.03. The quantitative estimate of drug-likeness (QED) is 0.328. The zero-order valence-electron chi connectivity index (χ0n) is 14.6. The molecule has 2 aromatic rings. The lowest BCUT2D eigenvalue weighted by Crippen LogP contribution is -2.40. The van der Waals surface area contributed by atoms with Crippen LogP contribution in [0, 0.1) is 11.6 Å². The zero-order chi connectivity index (χ0) is 18.1. The Bertz CT molecular complexity index is 678. The van der Waals surface area contributed by atoms with Crippen LogP contribution < -0.4 is 10.6 Å². The van der Waals surface area contributed by atoms with Gasteiger partial charge in [0.15, 0.2) is 5.96 Å². The van der Waals surface area contributed by atoms with Gasteiger partial charge >= 0.3 is 0 Å². The summed E-state index contributed by atoms with van der Waals surface area (Å²) < 4.78 is 26.3. The minimum absolute atomic E-state index is 0. The number of nitrogens with one attached hydrogen (secondary N) is 2. The van der Waals surface area contributed by atoms with Crippen LogP contribution in [0.5, 0.6) is 0 Å². The third kappa shape index (κ3) is 7.25. The molecule has 0 saturated carbocycles. The summed E-state index contributed by atoms with van der Waals surface area (Å²) in [5, 5.41) is 15.8. The summed E-state index contributed by atoms with van der Waals surface area (Å²) in [5.41, 5.74) is 1.63. The molecule has 0 saturated heterocycles. The molecule has 0 radical (unpaired) electrons. The Hall–Kier alpha value is -1.74. The fraction of sp³-hybridized carbons (Fsp3) is 0.316. The molecule has 1 atom stereocenters. The summed E-state index contributed by atoms with van der Waals surface area (Å²) in [4.78, 5) is 4.12. The predicted octanol–water partition coefficient (Wildman–Crippen LogP) is 3.07. The molecule has 0 aliphatic carbocycles. The van der Waals surface area contributed by atoms with Crippen LogP contribution in [0.3, 0.4) is 0 Å². The fourth-order valence-corrected chi connectivity index (χ4v) is 2.53. The SMILES string of the molecule is CN=C(NCCc1cc(F)cc(F)c1)NCC(CO)c1ccccc1.I. The lowest BCUT2D eigenvalue weighted by Gasteiger charge is -2.18. The van der Waals surface area contributed by atoms with E-state index in [1.54, 1.807) is 7.05 Å². The maximum Gasteiger partial charge on any atom is 0.191 e. The number of halogens is 3. The van der Waals surface area contributed by atoms with E-state index in [1.165, 1.54) is 12.1 Å². The van der Waals surface area contributed by atoms with Crippen molar-refractivity contribution in [2.45, 2.75) is 12.3 Å². The Morgan fingerprint density at radius 1 is 1.08 bits per heavy atom. The monoisotopic (exact) mass is 475 g/mol. The summed E-state index contributed by atoms with van der Waals surface area (Å²) in [7, 11) is 1.65. The van der Waals surface area contributed by atoms with E-state index < -0.39 is 11.6 Å². The Labute approximate surface area is 169 Å². The van der Waals surface area contributed by atoms with Crippen molar-refractivity contribution in [2.24, 2.45) is 4.99 Å². The number of benzene rings is 2. The highest BCUT2D eigenvalue weighted by atomic mass is 127. The highest BCUT2D eigenvalue weighted by molar-refractivity contribution is 14.0. The Morgan fingerprint density at radius 3 is 2.31 bits per heavy atom. The molecule has 0 amide bonds. The van der Waals surface area contributed by atoms with E-state index in [-0.39, 0.29) is 36.5 Å². The molecule has 1 unspecified atom stereocenters. The van der Waals surface area contributed by atoms with Crippen molar-refractivity contribution < 1.29 is 13.9 Å². The molecular formula is C19H24F2IN3O. The molecule has 0 bridgehead atoms. The van der Waals surface area contributed by atoms with Gasteiger partial charge in [-0.15, -0.1) is 24.0 Å². The first-order valence-corrected chi connectivity index (χ1v) is 8.17. The lowest BCUT2D eigenvalue weighted by molar-refractivity contribution is 0.265. The maximum atomic E-state index is 13.2. The van der Waals surface area contributed by atoms with Gasteiger partial charge in [0, 0.05) is 32.1 Å². The van der Waals surface area contributed by atoms with Gasteiger partial charge in [0.05, 0.1) is 6.61 Å². The maximum absolute atomic E-state index is 13.2.